The number of hydrogen-bond acceptors (Lipinski definition) is 7. The van der Waals surface area contributed by atoms with E-state index in [1.807, 2.05) is 0 Å². The monoisotopic (exact) mass is 433 g/mol. The zero-order valence-corrected chi connectivity index (χ0v) is 17.4. The van der Waals surface area contributed by atoms with Crippen LogP contribution in [0.1, 0.15) is 25.2 Å². The van der Waals surface area contributed by atoms with Gasteiger partial charge in [-0.25, -0.2) is 18.7 Å². The molecule has 31 heavy (non-hydrogen) atoms. The summed E-state index contributed by atoms with van der Waals surface area (Å²) < 4.78 is 33.0. The third-order valence-corrected chi connectivity index (χ3v) is 4.50. The van der Waals surface area contributed by atoms with E-state index in [0.29, 0.717) is 5.56 Å². The highest BCUT2D eigenvalue weighted by Crippen LogP contribution is 2.15. The molecule has 0 spiro atoms. The van der Waals surface area contributed by atoms with Crippen molar-refractivity contribution in [1.29, 1.82) is 5.41 Å². The second-order valence-electron chi connectivity index (χ2n) is 7.03. The van der Waals surface area contributed by atoms with Gasteiger partial charge in [0.2, 0.25) is 0 Å². The molecule has 0 amide bonds. The summed E-state index contributed by atoms with van der Waals surface area (Å²) in [5.41, 5.74) is 0.235. The number of hydrogen-bond donors (Lipinski definition) is 4. The van der Waals surface area contributed by atoms with Crippen molar-refractivity contribution in [2.24, 2.45) is 11.8 Å². The Hall–Kier alpha value is -3.56. The van der Waals surface area contributed by atoms with Gasteiger partial charge in [-0.15, -0.1) is 0 Å². The van der Waals surface area contributed by atoms with E-state index in [0.717, 1.165) is 6.20 Å². The minimum absolute atomic E-state index is 0.0307. The van der Waals surface area contributed by atoms with Crippen molar-refractivity contribution >= 4 is 17.5 Å². The molecule has 2 rings (SSSR count). The first-order valence-electron chi connectivity index (χ1n) is 9.54. The van der Waals surface area contributed by atoms with Crippen molar-refractivity contribution in [1.82, 2.24) is 15.3 Å². The standard InChI is InChI=1S/C21H25F2N5O3/c1-12(2)14(21(29)30)10-26-19-16(23)11-27-20(28-19)17(24)8-18(31-3)25-9-13-6-4-5-7-15(13)22/h4-8,11-12,14,24-25H,9-10H2,1-3H3,(H,29,30)(H,26,27,28)/b18-8+,24-17?/t14-/m1/s1. The summed E-state index contributed by atoms with van der Waals surface area (Å²) in [6.45, 7) is 3.60. The number of carbonyl (C=O) groups is 1. The molecule has 0 aliphatic heterocycles. The molecule has 166 valence electrons. The lowest BCUT2D eigenvalue weighted by atomic mass is 9.96. The fraction of sp³-hybridized carbons (Fsp3) is 0.333. The summed E-state index contributed by atoms with van der Waals surface area (Å²) in [4.78, 5) is 19.1. The van der Waals surface area contributed by atoms with Crippen LogP contribution in [0.3, 0.4) is 0 Å². The molecule has 0 saturated carbocycles. The molecule has 0 bridgehead atoms. The molecular formula is C21H25F2N5O3. The van der Waals surface area contributed by atoms with Gasteiger partial charge >= 0.3 is 5.97 Å². The van der Waals surface area contributed by atoms with Crippen LogP contribution in [0, 0.1) is 28.9 Å². The minimum atomic E-state index is -1.00. The number of anilines is 1. The predicted octanol–water partition coefficient (Wildman–Crippen LogP) is 3.17. The van der Waals surface area contributed by atoms with Gasteiger partial charge in [0.25, 0.3) is 0 Å². The maximum atomic E-state index is 14.1. The summed E-state index contributed by atoms with van der Waals surface area (Å²) in [7, 11) is 1.38. The van der Waals surface area contributed by atoms with Crippen LogP contribution in [-0.2, 0) is 16.1 Å². The smallest absolute Gasteiger partial charge is 0.308 e. The molecule has 2 aromatic rings. The lowest BCUT2D eigenvalue weighted by Gasteiger charge is -2.17. The van der Waals surface area contributed by atoms with E-state index >= 15 is 0 Å². The van der Waals surface area contributed by atoms with Crippen molar-refractivity contribution in [3.05, 3.63) is 65.4 Å². The third-order valence-electron chi connectivity index (χ3n) is 4.50. The normalized spacial score (nSPS) is 12.4. The number of aliphatic carboxylic acids is 1. The fourth-order valence-electron chi connectivity index (χ4n) is 2.64. The number of nitrogens with zero attached hydrogens (tertiary/aromatic N) is 2. The SMILES string of the molecule is CO/C(=C/C(=N)c1ncc(F)c(NC[C@@H](C(=O)O)C(C)C)n1)NCc1ccccc1F. The van der Waals surface area contributed by atoms with E-state index in [-0.39, 0.29) is 48.1 Å². The Morgan fingerprint density at radius 1 is 1.29 bits per heavy atom. The molecule has 10 heteroatoms. The summed E-state index contributed by atoms with van der Waals surface area (Å²) in [6.07, 6.45) is 2.18. The Morgan fingerprint density at radius 2 is 2.00 bits per heavy atom. The number of carboxylic acids is 1. The van der Waals surface area contributed by atoms with Crippen molar-refractivity contribution in [3.63, 3.8) is 0 Å². The fourth-order valence-corrected chi connectivity index (χ4v) is 2.64. The highest BCUT2D eigenvalue weighted by atomic mass is 19.1. The predicted molar refractivity (Wildman–Crippen MR) is 112 cm³/mol. The Morgan fingerprint density at radius 3 is 2.61 bits per heavy atom. The highest BCUT2D eigenvalue weighted by molar-refractivity contribution is 6.04. The highest BCUT2D eigenvalue weighted by Gasteiger charge is 2.22. The molecule has 0 unspecified atom stereocenters. The molecule has 0 saturated heterocycles. The number of carboxylic acid groups (broad SMARTS) is 1. The van der Waals surface area contributed by atoms with Crippen LogP contribution in [0.25, 0.3) is 0 Å². The first-order chi connectivity index (χ1) is 14.7. The number of rotatable bonds is 11. The van der Waals surface area contributed by atoms with Gasteiger partial charge in [0.15, 0.2) is 23.3 Å². The quantitative estimate of drug-likeness (QED) is 0.317. The largest absolute Gasteiger partial charge is 0.482 e. The van der Waals surface area contributed by atoms with Crippen LogP contribution in [0.2, 0.25) is 0 Å². The molecular weight excluding hydrogens is 408 g/mol. The van der Waals surface area contributed by atoms with Crippen molar-refractivity contribution in [2.45, 2.75) is 20.4 Å². The van der Waals surface area contributed by atoms with E-state index in [1.54, 1.807) is 32.0 Å². The van der Waals surface area contributed by atoms with Gasteiger partial charge in [0.1, 0.15) is 11.5 Å². The van der Waals surface area contributed by atoms with E-state index in [2.05, 4.69) is 20.6 Å². The van der Waals surface area contributed by atoms with Gasteiger partial charge in [-0.1, -0.05) is 32.0 Å². The number of nitrogens with one attached hydrogen (secondary N) is 3. The van der Waals surface area contributed by atoms with Crippen molar-refractivity contribution < 1.29 is 23.4 Å². The number of methoxy groups -OCH3 is 1. The maximum absolute atomic E-state index is 14.1. The molecule has 0 aliphatic rings. The minimum Gasteiger partial charge on any atom is -0.482 e. The first-order valence-corrected chi connectivity index (χ1v) is 9.54. The van der Waals surface area contributed by atoms with Crippen LogP contribution in [-0.4, -0.2) is 40.4 Å². The topological polar surface area (TPSA) is 120 Å². The van der Waals surface area contributed by atoms with Crippen LogP contribution in [0.4, 0.5) is 14.6 Å². The average molecular weight is 433 g/mol. The van der Waals surface area contributed by atoms with Crippen molar-refractivity contribution in [3.8, 4) is 0 Å². The first kappa shape index (κ1) is 23.7. The molecule has 0 fully saturated rings. The van der Waals surface area contributed by atoms with Gasteiger partial charge in [-0.3, -0.25) is 10.2 Å². The van der Waals surface area contributed by atoms with Gasteiger partial charge in [-0.2, -0.15) is 0 Å². The third kappa shape index (κ3) is 6.73. The van der Waals surface area contributed by atoms with E-state index in [9.17, 15) is 18.7 Å². The number of ether oxygens (including phenoxy) is 1. The molecule has 1 aromatic heterocycles. The Balaban J connectivity index is 2.12. The second-order valence-corrected chi connectivity index (χ2v) is 7.03. The second kappa shape index (κ2) is 11.0. The van der Waals surface area contributed by atoms with Crippen LogP contribution >= 0.6 is 0 Å². The summed E-state index contributed by atoms with van der Waals surface area (Å²) >= 11 is 0. The molecule has 0 radical (unpaired) electrons. The lowest BCUT2D eigenvalue weighted by Crippen LogP contribution is -2.28. The Bertz CT molecular complexity index is 966. The number of allylic oxidation sites excluding steroid dienone is 1. The van der Waals surface area contributed by atoms with E-state index in [1.165, 1.54) is 19.3 Å². The molecule has 8 nitrogen and oxygen atoms in total. The molecule has 1 aromatic carbocycles. The lowest BCUT2D eigenvalue weighted by molar-refractivity contribution is -0.142. The molecule has 4 N–H and O–H groups in total. The van der Waals surface area contributed by atoms with Crippen LogP contribution in [0.15, 0.2) is 42.4 Å². The van der Waals surface area contributed by atoms with Gasteiger partial charge in [0.05, 0.1) is 19.2 Å². The number of benzene rings is 1. The van der Waals surface area contributed by atoms with Gasteiger partial charge in [-0.05, 0) is 12.0 Å². The van der Waals surface area contributed by atoms with Gasteiger partial charge < -0.3 is 20.5 Å². The Kier molecular flexibility index (Phi) is 8.42. The molecule has 0 aliphatic carbocycles. The van der Waals surface area contributed by atoms with Crippen molar-refractivity contribution in [2.75, 3.05) is 19.0 Å². The molecule has 1 atom stereocenters. The zero-order valence-electron chi connectivity index (χ0n) is 17.4. The average Bonchev–Trinajstić information content (AvgIpc) is 2.72. The van der Waals surface area contributed by atoms with Gasteiger partial charge in [0, 0.05) is 24.7 Å². The maximum Gasteiger partial charge on any atom is 0.308 e. The Labute approximate surface area is 178 Å². The van der Waals surface area contributed by atoms with E-state index in [4.69, 9.17) is 10.1 Å². The van der Waals surface area contributed by atoms with Crippen LogP contribution < -0.4 is 10.6 Å². The summed E-state index contributed by atoms with van der Waals surface area (Å²) in [5.74, 6) is -3.17. The van der Waals surface area contributed by atoms with Crippen LogP contribution in [0.5, 0.6) is 0 Å². The van der Waals surface area contributed by atoms with E-state index < -0.39 is 17.7 Å². The summed E-state index contributed by atoms with van der Waals surface area (Å²) in [5, 5.41) is 23.0. The summed E-state index contributed by atoms with van der Waals surface area (Å²) in [6, 6.07) is 6.24. The number of aromatic nitrogens is 2. The zero-order chi connectivity index (χ0) is 23.0. The number of halogens is 2. The molecule has 1 heterocycles.